The molecule has 0 heterocycles. The number of carbonyl (C=O) groups excluding carboxylic acids is 1. The molecule has 0 unspecified atom stereocenters. The number of carbonyl (C=O) groups is 1. The number of ether oxygens (including phenoxy) is 1. The molecule has 142 valence electrons. The zero-order valence-electron chi connectivity index (χ0n) is 16.2. The third-order valence-corrected chi connectivity index (χ3v) is 6.72. The van der Waals surface area contributed by atoms with E-state index in [0.29, 0.717) is 23.3 Å². The second kappa shape index (κ2) is 7.22. The largest absolute Gasteiger partial charge is 0.491 e. The highest BCUT2D eigenvalue weighted by molar-refractivity contribution is 5.96. The minimum atomic E-state index is 0.0150. The van der Waals surface area contributed by atoms with Crippen molar-refractivity contribution in [2.45, 2.75) is 38.5 Å². The van der Waals surface area contributed by atoms with Crippen LogP contribution in [0.25, 0.3) is 0 Å². The molecule has 1 aromatic rings. The van der Waals surface area contributed by atoms with Gasteiger partial charge in [0.2, 0.25) is 0 Å². The van der Waals surface area contributed by atoms with E-state index in [0.717, 1.165) is 30.8 Å². The van der Waals surface area contributed by atoms with Crippen LogP contribution in [0.4, 0.5) is 0 Å². The van der Waals surface area contributed by atoms with Crippen molar-refractivity contribution in [3.63, 3.8) is 0 Å². The Morgan fingerprint density at radius 1 is 1.12 bits per heavy atom. The number of nitrogens with zero attached hydrogens (tertiary/aromatic N) is 1. The zero-order chi connectivity index (χ0) is 18.1. The molecule has 1 aromatic carbocycles. The molecule has 4 bridgehead atoms. The predicted molar refractivity (Wildman–Crippen MR) is 103 cm³/mol. The van der Waals surface area contributed by atoms with Crippen LogP contribution < -0.4 is 10.1 Å². The van der Waals surface area contributed by atoms with Crippen LogP contribution in [-0.2, 0) is 0 Å². The summed E-state index contributed by atoms with van der Waals surface area (Å²) in [6.07, 6.45) is 8.28. The molecule has 0 spiro atoms. The molecule has 1 amide bonds. The normalized spacial score (nSPS) is 32.0. The van der Waals surface area contributed by atoms with Gasteiger partial charge in [0, 0.05) is 13.1 Å². The first kappa shape index (κ1) is 17.8. The van der Waals surface area contributed by atoms with Gasteiger partial charge in [0.25, 0.3) is 5.91 Å². The lowest BCUT2D eigenvalue weighted by atomic mass is 9.49. The number of hydrogen-bond acceptors (Lipinski definition) is 3. The van der Waals surface area contributed by atoms with Crippen LogP contribution in [0.5, 0.6) is 5.75 Å². The first-order valence-electron chi connectivity index (χ1n) is 10.2. The maximum atomic E-state index is 12.9. The van der Waals surface area contributed by atoms with E-state index in [-0.39, 0.29) is 5.91 Å². The van der Waals surface area contributed by atoms with Crippen molar-refractivity contribution < 1.29 is 9.53 Å². The van der Waals surface area contributed by atoms with Crippen molar-refractivity contribution >= 4 is 5.91 Å². The van der Waals surface area contributed by atoms with Gasteiger partial charge in [-0.25, -0.2) is 0 Å². The Hall–Kier alpha value is -1.55. The first-order valence-corrected chi connectivity index (χ1v) is 10.2. The summed E-state index contributed by atoms with van der Waals surface area (Å²) in [4.78, 5) is 14.9. The van der Waals surface area contributed by atoms with E-state index in [4.69, 9.17) is 4.74 Å². The summed E-state index contributed by atoms with van der Waals surface area (Å²) < 4.78 is 5.86. The Bertz CT molecular complexity index is 620. The number of nitrogens with one attached hydrogen (secondary N) is 1. The minimum Gasteiger partial charge on any atom is -0.491 e. The third-order valence-electron chi connectivity index (χ3n) is 6.72. The van der Waals surface area contributed by atoms with Crippen molar-refractivity contribution in [1.29, 1.82) is 0 Å². The standard InChI is InChI=1S/C22H32N2O2/c1-24(2)7-8-26-20-6-4-3-5-19(20)21(25)23-15-22-12-16-9-17(13-22)11-18(10-16)14-22/h3-6,16-18H,7-15H2,1-2H3,(H,23,25). The zero-order valence-corrected chi connectivity index (χ0v) is 16.2. The smallest absolute Gasteiger partial charge is 0.255 e. The van der Waals surface area contributed by atoms with Gasteiger partial charge in [-0.2, -0.15) is 0 Å². The van der Waals surface area contributed by atoms with E-state index in [1.807, 2.05) is 38.4 Å². The first-order chi connectivity index (χ1) is 12.5. The number of rotatable bonds is 7. The van der Waals surface area contributed by atoms with Gasteiger partial charge in [0.1, 0.15) is 12.4 Å². The number of benzene rings is 1. The van der Waals surface area contributed by atoms with Crippen LogP contribution in [0, 0.1) is 23.2 Å². The second-order valence-corrected chi connectivity index (χ2v) is 9.25. The van der Waals surface area contributed by atoms with Crippen molar-refractivity contribution in [1.82, 2.24) is 10.2 Å². The van der Waals surface area contributed by atoms with Crippen molar-refractivity contribution in [2.75, 3.05) is 33.8 Å². The third kappa shape index (κ3) is 3.75. The number of para-hydroxylation sites is 1. The Morgan fingerprint density at radius 2 is 1.73 bits per heavy atom. The van der Waals surface area contributed by atoms with Crippen molar-refractivity contribution in [3.8, 4) is 5.75 Å². The fraction of sp³-hybridized carbons (Fsp3) is 0.682. The summed E-state index contributed by atoms with van der Waals surface area (Å²) in [6, 6.07) is 7.62. The Kier molecular flexibility index (Phi) is 4.96. The van der Waals surface area contributed by atoms with E-state index < -0.39 is 0 Å². The molecule has 4 nitrogen and oxygen atoms in total. The van der Waals surface area contributed by atoms with E-state index in [1.165, 1.54) is 38.5 Å². The molecule has 0 atom stereocenters. The fourth-order valence-electron chi connectivity index (χ4n) is 5.99. The molecule has 1 N–H and O–H groups in total. The number of amides is 1. The summed E-state index contributed by atoms with van der Waals surface area (Å²) in [5, 5.41) is 3.27. The molecule has 4 aliphatic carbocycles. The molecule has 0 radical (unpaired) electrons. The molecule has 4 heteroatoms. The minimum absolute atomic E-state index is 0.0150. The van der Waals surface area contributed by atoms with Gasteiger partial charge in [0.05, 0.1) is 5.56 Å². The molecule has 4 fully saturated rings. The van der Waals surface area contributed by atoms with Crippen LogP contribution in [0.15, 0.2) is 24.3 Å². The fourth-order valence-corrected chi connectivity index (χ4v) is 5.99. The van der Waals surface area contributed by atoms with Crippen LogP contribution in [-0.4, -0.2) is 44.6 Å². The molecule has 26 heavy (non-hydrogen) atoms. The van der Waals surface area contributed by atoms with Crippen LogP contribution in [0.1, 0.15) is 48.9 Å². The average molecular weight is 357 g/mol. The lowest BCUT2D eigenvalue weighted by molar-refractivity contribution is -0.0503. The Morgan fingerprint density at radius 3 is 2.35 bits per heavy atom. The summed E-state index contributed by atoms with van der Waals surface area (Å²) in [5.41, 5.74) is 1.03. The molecule has 4 saturated carbocycles. The molecule has 0 saturated heterocycles. The highest BCUT2D eigenvalue weighted by Gasteiger charge is 2.50. The monoisotopic (exact) mass is 356 g/mol. The maximum absolute atomic E-state index is 12.9. The highest BCUT2D eigenvalue weighted by atomic mass is 16.5. The summed E-state index contributed by atoms with van der Waals surface area (Å²) >= 11 is 0. The molecule has 0 aliphatic heterocycles. The van der Waals surface area contributed by atoms with E-state index in [9.17, 15) is 4.79 Å². The topological polar surface area (TPSA) is 41.6 Å². The van der Waals surface area contributed by atoms with Gasteiger partial charge < -0.3 is 15.0 Å². The summed E-state index contributed by atoms with van der Waals surface area (Å²) in [5.74, 6) is 3.46. The summed E-state index contributed by atoms with van der Waals surface area (Å²) in [6.45, 7) is 2.26. The molecule has 5 rings (SSSR count). The molecule has 4 aliphatic rings. The second-order valence-electron chi connectivity index (χ2n) is 9.25. The van der Waals surface area contributed by atoms with Crippen LogP contribution >= 0.6 is 0 Å². The van der Waals surface area contributed by atoms with Crippen molar-refractivity contribution in [3.05, 3.63) is 29.8 Å². The average Bonchev–Trinajstić information content (AvgIpc) is 2.59. The predicted octanol–water partition coefficient (Wildman–Crippen LogP) is 3.57. The number of likely N-dealkylation sites (N-methyl/N-ethyl adjacent to an activating group) is 1. The number of hydrogen-bond donors (Lipinski definition) is 1. The molecule has 0 aromatic heterocycles. The highest BCUT2D eigenvalue weighted by Crippen LogP contribution is 2.59. The van der Waals surface area contributed by atoms with Gasteiger partial charge in [-0.3, -0.25) is 4.79 Å². The Labute approximate surface area is 157 Å². The van der Waals surface area contributed by atoms with Gasteiger partial charge in [0.15, 0.2) is 0 Å². The van der Waals surface area contributed by atoms with Gasteiger partial charge in [-0.15, -0.1) is 0 Å². The maximum Gasteiger partial charge on any atom is 0.255 e. The van der Waals surface area contributed by atoms with Gasteiger partial charge in [-0.05, 0) is 87.9 Å². The lowest BCUT2D eigenvalue weighted by Crippen LogP contribution is -2.51. The van der Waals surface area contributed by atoms with Gasteiger partial charge in [-0.1, -0.05) is 12.1 Å². The van der Waals surface area contributed by atoms with E-state index >= 15 is 0 Å². The molecular weight excluding hydrogens is 324 g/mol. The SMILES string of the molecule is CN(C)CCOc1ccccc1C(=O)NCC12CC3CC(CC(C3)C1)C2. The van der Waals surface area contributed by atoms with Crippen LogP contribution in [0.3, 0.4) is 0 Å². The van der Waals surface area contributed by atoms with E-state index in [2.05, 4.69) is 10.2 Å². The van der Waals surface area contributed by atoms with Crippen LogP contribution in [0.2, 0.25) is 0 Å². The molecular formula is C22H32N2O2. The van der Waals surface area contributed by atoms with E-state index in [1.54, 1.807) is 0 Å². The quantitative estimate of drug-likeness (QED) is 0.812. The Balaban J connectivity index is 1.38. The lowest BCUT2D eigenvalue weighted by Gasteiger charge is -2.56. The van der Waals surface area contributed by atoms with Crippen molar-refractivity contribution in [2.24, 2.45) is 23.2 Å². The van der Waals surface area contributed by atoms with Gasteiger partial charge >= 0.3 is 0 Å². The summed E-state index contributed by atoms with van der Waals surface area (Å²) in [7, 11) is 4.04.